The van der Waals surface area contributed by atoms with Crippen LogP contribution in [0.15, 0.2) is 73.3 Å². The molecule has 0 amide bonds. The van der Waals surface area contributed by atoms with Gasteiger partial charge in [-0.25, -0.2) is 4.31 Å². The molecule has 0 aliphatic carbocycles. The third-order valence-corrected chi connectivity index (χ3v) is 5.70. The Balaban J connectivity index is 2.38. The second-order valence-corrected chi connectivity index (χ2v) is 8.47. The quantitative estimate of drug-likeness (QED) is 0.302. The van der Waals surface area contributed by atoms with Crippen LogP contribution in [0, 0.1) is 6.92 Å². The lowest BCUT2D eigenvalue weighted by molar-refractivity contribution is -0.137. The van der Waals surface area contributed by atoms with Gasteiger partial charge in [-0.3, -0.25) is 0 Å². The average Bonchev–Trinajstić information content (AvgIpc) is 2.70. The number of rotatable bonds is 10. The van der Waals surface area contributed by atoms with Gasteiger partial charge in [0.25, 0.3) is 0 Å². The van der Waals surface area contributed by atoms with E-state index in [9.17, 15) is 13.2 Å². The maximum absolute atomic E-state index is 13.3. The number of hydrogen-bond acceptors (Lipinski definition) is 3. The van der Waals surface area contributed by atoms with Crippen molar-refractivity contribution in [2.75, 3.05) is 13.2 Å². The van der Waals surface area contributed by atoms with E-state index in [1.165, 1.54) is 0 Å². The maximum atomic E-state index is 13.3. The van der Waals surface area contributed by atoms with Gasteiger partial charge < -0.3 is 4.74 Å². The third-order valence-electron chi connectivity index (χ3n) is 5.18. The largest absolute Gasteiger partial charge is 0.416 e. The van der Waals surface area contributed by atoms with E-state index < -0.39 is 23.4 Å². The highest BCUT2D eigenvalue weighted by Crippen LogP contribution is 2.37. The number of thiol groups is 1. The predicted octanol–water partition coefficient (Wildman–Crippen LogP) is 7.29. The minimum Gasteiger partial charge on any atom is -0.371 e. The van der Waals surface area contributed by atoms with Gasteiger partial charge in [0.1, 0.15) is 0 Å². The minimum absolute atomic E-state index is 0.219. The Labute approximate surface area is 189 Å². The second-order valence-electron chi connectivity index (χ2n) is 7.99. The number of aryl methyl sites for hydroxylation is 1. The first-order valence-corrected chi connectivity index (χ1v) is 10.5. The van der Waals surface area contributed by atoms with Crippen molar-refractivity contribution in [2.24, 2.45) is 0 Å². The SMILES string of the molecule is C=CC[C@@](COC(C)c1cc(C)cc(C(F)(F)F)c1)(c1ccccc1)N(S)CC(=C)C. The molecule has 0 saturated heterocycles. The monoisotopic (exact) mass is 449 g/mol. The Morgan fingerprint density at radius 1 is 1.16 bits per heavy atom. The summed E-state index contributed by atoms with van der Waals surface area (Å²) in [5, 5.41) is 0. The standard InChI is InChI=1S/C25H30F3NOS/c1-6-12-24(29(31)16-18(2)3,22-10-8-7-9-11-22)17-30-20(5)21-13-19(4)14-23(15-21)25(26,27)28/h6-11,13-15,20,31H,1-2,12,16-17H2,3-5H3/t20?,24-/m1/s1. The lowest BCUT2D eigenvalue weighted by Crippen LogP contribution is -2.45. The summed E-state index contributed by atoms with van der Waals surface area (Å²) in [5.41, 5.74) is 1.61. The highest BCUT2D eigenvalue weighted by atomic mass is 32.1. The van der Waals surface area contributed by atoms with Gasteiger partial charge in [-0.15, -0.1) is 6.58 Å². The summed E-state index contributed by atoms with van der Waals surface area (Å²) >= 11 is 4.75. The molecule has 0 bridgehead atoms. The van der Waals surface area contributed by atoms with Crippen molar-refractivity contribution in [3.63, 3.8) is 0 Å². The summed E-state index contributed by atoms with van der Waals surface area (Å²) in [6, 6.07) is 13.8. The maximum Gasteiger partial charge on any atom is 0.416 e. The van der Waals surface area contributed by atoms with Gasteiger partial charge >= 0.3 is 6.18 Å². The number of ether oxygens (including phenoxy) is 1. The Bertz CT molecular complexity index is 897. The topological polar surface area (TPSA) is 12.5 Å². The van der Waals surface area contributed by atoms with Crippen molar-refractivity contribution < 1.29 is 17.9 Å². The molecular formula is C25H30F3NOS. The Morgan fingerprint density at radius 2 is 1.81 bits per heavy atom. The highest BCUT2D eigenvalue weighted by Gasteiger charge is 2.37. The van der Waals surface area contributed by atoms with Crippen LogP contribution in [0.1, 0.15) is 48.6 Å². The van der Waals surface area contributed by atoms with Crippen LogP contribution < -0.4 is 0 Å². The van der Waals surface area contributed by atoms with Crippen molar-refractivity contribution in [1.29, 1.82) is 0 Å². The number of halogens is 3. The number of benzene rings is 2. The van der Waals surface area contributed by atoms with Crippen LogP contribution in [0.5, 0.6) is 0 Å². The zero-order chi connectivity index (χ0) is 23.2. The fourth-order valence-corrected chi connectivity index (χ4v) is 4.05. The Morgan fingerprint density at radius 3 is 2.35 bits per heavy atom. The lowest BCUT2D eigenvalue weighted by Gasteiger charge is -2.41. The fourth-order valence-electron chi connectivity index (χ4n) is 3.55. The first kappa shape index (κ1) is 25.2. The number of alkyl halides is 3. The Hall–Kier alpha value is -2.02. The molecule has 0 aliphatic rings. The van der Waals surface area contributed by atoms with E-state index >= 15 is 0 Å². The highest BCUT2D eigenvalue weighted by molar-refractivity contribution is 7.77. The molecule has 0 aromatic heterocycles. The molecule has 6 heteroatoms. The molecule has 0 saturated carbocycles. The molecule has 1 unspecified atom stereocenters. The van der Waals surface area contributed by atoms with Gasteiger partial charge in [0, 0.05) is 6.54 Å². The van der Waals surface area contributed by atoms with E-state index in [1.807, 2.05) is 41.6 Å². The summed E-state index contributed by atoms with van der Waals surface area (Å²) in [6.45, 7) is 14.0. The zero-order valence-corrected chi connectivity index (χ0v) is 19.1. The molecule has 0 spiro atoms. The van der Waals surface area contributed by atoms with E-state index in [0.29, 0.717) is 24.1 Å². The van der Waals surface area contributed by atoms with Gasteiger partial charge in [-0.1, -0.05) is 73.0 Å². The fraction of sp³-hybridized carbons (Fsp3) is 0.360. The normalized spacial score (nSPS) is 14.8. The second kappa shape index (κ2) is 10.5. The smallest absolute Gasteiger partial charge is 0.371 e. The van der Waals surface area contributed by atoms with Crippen molar-refractivity contribution in [3.05, 3.63) is 95.6 Å². The average molecular weight is 450 g/mol. The molecule has 2 aromatic carbocycles. The van der Waals surface area contributed by atoms with Gasteiger partial charge in [0.05, 0.1) is 23.8 Å². The molecule has 31 heavy (non-hydrogen) atoms. The molecule has 0 radical (unpaired) electrons. The van der Waals surface area contributed by atoms with Crippen LogP contribution in [-0.4, -0.2) is 17.5 Å². The molecule has 2 rings (SSSR count). The first-order chi connectivity index (χ1) is 14.5. The number of nitrogens with zero attached hydrogens (tertiary/aromatic N) is 1. The molecule has 0 aliphatic heterocycles. The van der Waals surface area contributed by atoms with E-state index in [-0.39, 0.29) is 6.61 Å². The van der Waals surface area contributed by atoms with Crippen molar-refractivity contribution in [3.8, 4) is 0 Å². The molecule has 168 valence electrons. The molecular weight excluding hydrogens is 419 g/mol. The molecule has 0 fully saturated rings. The van der Waals surface area contributed by atoms with Crippen LogP contribution in [0.2, 0.25) is 0 Å². The van der Waals surface area contributed by atoms with Crippen molar-refractivity contribution in [2.45, 2.75) is 45.0 Å². The van der Waals surface area contributed by atoms with Crippen LogP contribution in [0.4, 0.5) is 13.2 Å². The zero-order valence-electron chi connectivity index (χ0n) is 18.2. The van der Waals surface area contributed by atoms with Gasteiger partial charge in [0.15, 0.2) is 0 Å². The van der Waals surface area contributed by atoms with Crippen LogP contribution >= 0.6 is 12.8 Å². The van der Waals surface area contributed by atoms with Crippen LogP contribution in [0.25, 0.3) is 0 Å². The Kier molecular flexibility index (Phi) is 8.57. The van der Waals surface area contributed by atoms with Crippen LogP contribution in [-0.2, 0) is 16.5 Å². The molecule has 2 atom stereocenters. The summed E-state index contributed by atoms with van der Waals surface area (Å²) in [7, 11) is 0. The van der Waals surface area contributed by atoms with E-state index in [2.05, 4.69) is 13.2 Å². The molecule has 2 aromatic rings. The molecule has 0 N–H and O–H groups in total. The predicted molar refractivity (Wildman–Crippen MR) is 124 cm³/mol. The van der Waals surface area contributed by atoms with Crippen molar-refractivity contribution in [1.82, 2.24) is 4.31 Å². The molecule has 2 nitrogen and oxygen atoms in total. The minimum atomic E-state index is -4.40. The third kappa shape index (κ3) is 6.48. The van der Waals surface area contributed by atoms with Gasteiger partial charge in [-0.2, -0.15) is 13.2 Å². The summed E-state index contributed by atoms with van der Waals surface area (Å²) in [5.74, 6) is 0. The van der Waals surface area contributed by atoms with Gasteiger partial charge in [0.2, 0.25) is 0 Å². The summed E-state index contributed by atoms with van der Waals surface area (Å²) in [4.78, 5) is 0. The number of hydrogen-bond donors (Lipinski definition) is 1. The van der Waals surface area contributed by atoms with Crippen molar-refractivity contribution >= 4 is 12.8 Å². The summed E-state index contributed by atoms with van der Waals surface area (Å²) in [6.07, 6.45) is -2.60. The molecule has 0 heterocycles. The van der Waals surface area contributed by atoms with E-state index in [0.717, 1.165) is 23.3 Å². The first-order valence-electron chi connectivity index (χ1n) is 10.1. The summed E-state index contributed by atoms with van der Waals surface area (Å²) < 4.78 is 47.8. The lowest BCUT2D eigenvalue weighted by atomic mass is 9.86. The van der Waals surface area contributed by atoms with E-state index in [4.69, 9.17) is 17.6 Å². The van der Waals surface area contributed by atoms with Gasteiger partial charge in [-0.05, 0) is 50.5 Å². The van der Waals surface area contributed by atoms with E-state index in [1.54, 1.807) is 26.0 Å². The van der Waals surface area contributed by atoms with Crippen LogP contribution in [0.3, 0.4) is 0 Å².